The van der Waals surface area contributed by atoms with E-state index in [1.807, 2.05) is 18.2 Å². The second-order valence-corrected chi connectivity index (χ2v) is 9.30. The summed E-state index contributed by atoms with van der Waals surface area (Å²) in [6.07, 6.45) is 6.25. The molecule has 7 heteroatoms. The minimum absolute atomic E-state index is 0.100. The van der Waals surface area contributed by atoms with E-state index in [1.54, 1.807) is 17.5 Å². The molecule has 0 spiro atoms. The average molecular weight is 414 g/mol. The van der Waals surface area contributed by atoms with Crippen LogP contribution in [-0.2, 0) is 17.9 Å². The van der Waals surface area contributed by atoms with Crippen molar-refractivity contribution in [3.8, 4) is 0 Å². The first kappa shape index (κ1) is 20.4. The van der Waals surface area contributed by atoms with Crippen LogP contribution in [0.2, 0.25) is 0 Å². The van der Waals surface area contributed by atoms with Crippen LogP contribution in [0.15, 0.2) is 29.8 Å². The van der Waals surface area contributed by atoms with Crippen LogP contribution in [0.25, 0.3) is 0 Å². The Hall–Kier alpha value is -1.83. The molecular formula is C22H31N5OS. The molecular weight excluding hydrogens is 382 g/mol. The number of aryl methyl sites for hydroxylation is 1. The number of rotatable bonds is 6. The number of aromatic nitrogens is 2. The molecule has 2 aromatic rings. The Morgan fingerprint density at radius 1 is 1.21 bits per heavy atom. The van der Waals surface area contributed by atoms with Crippen LogP contribution in [0, 0.1) is 12.8 Å². The minimum Gasteiger partial charge on any atom is -0.350 e. The highest BCUT2D eigenvalue weighted by atomic mass is 32.1. The van der Waals surface area contributed by atoms with Crippen molar-refractivity contribution in [3.05, 3.63) is 46.2 Å². The molecule has 29 heavy (non-hydrogen) atoms. The Morgan fingerprint density at radius 3 is 2.79 bits per heavy atom. The highest BCUT2D eigenvalue weighted by Crippen LogP contribution is 2.25. The maximum atomic E-state index is 12.7. The molecule has 0 aromatic carbocycles. The van der Waals surface area contributed by atoms with Gasteiger partial charge in [-0.15, -0.1) is 11.3 Å². The average Bonchev–Trinajstić information content (AvgIpc) is 3.18. The van der Waals surface area contributed by atoms with Gasteiger partial charge >= 0.3 is 0 Å². The van der Waals surface area contributed by atoms with Crippen LogP contribution in [0.3, 0.4) is 0 Å². The van der Waals surface area contributed by atoms with Crippen LogP contribution < -0.4 is 5.32 Å². The first-order valence-corrected chi connectivity index (χ1v) is 11.6. The van der Waals surface area contributed by atoms with Crippen molar-refractivity contribution in [2.75, 3.05) is 26.2 Å². The van der Waals surface area contributed by atoms with Crippen LogP contribution in [-0.4, -0.2) is 57.9 Å². The number of piperidine rings is 2. The highest BCUT2D eigenvalue weighted by molar-refractivity contribution is 7.09. The van der Waals surface area contributed by atoms with Crippen molar-refractivity contribution < 1.29 is 4.79 Å². The lowest BCUT2D eigenvalue weighted by molar-refractivity contribution is -0.127. The number of carbonyl (C=O) groups excluding carboxylic acids is 1. The topological polar surface area (TPSA) is 61.4 Å². The summed E-state index contributed by atoms with van der Waals surface area (Å²) in [6.45, 7) is 7.81. The standard InChI is InChI=1S/C22H31N5OS/c1-17-25-20(16-29-17)15-26-11-7-21(8-12-26)27-10-4-5-18(14-27)22(28)24-13-19-6-2-3-9-23-19/h2-3,6,9,16,18,21H,4-5,7-8,10-15H2,1H3,(H,24,28). The maximum Gasteiger partial charge on any atom is 0.224 e. The number of pyridine rings is 1. The molecule has 2 aromatic heterocycles. The molecule has 0 saturated carbocycles. The van der Waals surface area contributed by atoms with E-state index in [9.17, 15) is 4.79 Å². The van der Waals surface area contributed by atoms with Gasteiger partial charge in [-0.25, -0.2) is 4.98 Å². The molecule has 6 nitrogen and oxygen atoms in total. The van der Waals surface area contributed by atoms with Crippen LogP contribution in [0.4, 0.5) is 0 Å². The first-order chi connectivity index (χ1) is 14.2. The van der Waals surface area contributed by atoms with Crippen LogP contribution >= 0.6 is 11.3 Å². The van der Waals surface area contributed by atoms with Gasteiger partial charge in [-0.3, -0.25) is 19.6 Å². The molecule has 1 unspecified atom stereocenters. The smallest absolute Gasteiger partial charge is 0.224 e. The van der Waals surface area contributed by atoms with Crippen molar-refractivity contribution in [1.82, 2.24) is 25.1 Å². The molecule has 2 fully saturated rings. The van der Waals surface area contributed by atoms with Crippen molar-refractivity contribution >= 4 is 17.2 Å². The van der Waals surface area contributed by atoms with Crippen LogP contribution in [0.5, 0.6) is 0 Å². The third kappa shape index (κ3) is 5.62. The molecule has 4 heterocycles. The minimum atomic E-state index is 0.100. The van der Waals surface area contributed by atoms with Gasteiger partial charge in [0.2, 0.25) is 5.91 Å². The number of carbonyl (C=O) groups is 1. The lowest BCUT2D eigenvalue weighted by Gasteiger charge is -2.42. The number of nitrogens with one attached hydrogen (secondary N) is 1. The first-order valence-electron chi connectivity index (χ1n) is 10.7. The van der Waals surface area contributed by atoms with E-state index < -0.39 is 0 Å². The lowest BCUT2D eigenvalue weighted by Crippen LogP contribution is -2.50. The van der Waals surface area contributed by atoms with Crippen molar-refractivity contribution in [1.29, 1.82) is 0 Å². The Balaban J connectivity index is 1.23. The number of thiazole rings is 1. The molecule has 1 atom stereocenters. The molecule has 2 saturated heterocycles. The van der Waals surface area contributed by atoms with Gasteiger partial charge in [0.05, 0.1) is 28.9 Å². The number of amides is 1. The molecule has 156 valence electrons. The van der Waals surface area contributed by atoms with E-state index in [1.165, 1.54) is 18.5 Å². The zero-order valence-electron chi connectivity index (χ0n) is 17.2. The second kappa shape index (κ2) is 9.78. The summed E-state index contributed by atoms with van der Waals surface area (Å²) in [7, 11) is 0. The fourth-order valence-corrected chi connectivity index (χ4v) is 5.13. The summed E-state index contributed by atoms with van der Waals surface area (Å²) >= 11 is 1.73. The Bertz CT molecular complexity index is 788. The fraction of sp³-hybridized carbons (Fsp3) is 0.591. The third-order valence-corrected chi connectivity index (χ3v) is 6.94. The summed E-state index contributed by atoms with van der Waals surface area (Å²) in [5.74, 6) is 0.278. The fourth-order valence-electron chi connectivity index (χ4n) is 4.53. The highest BCUT2D eigenvalue weighted by Gasteiger charge is 2.31. The molecule has 1 amide bonds. The molecule has 0 radical (unpaired) electrons. The van der Waals surface area contributed by atoms with Gasteiger partial charge in [-0.2, -0.15) is 0 Å². The number of nitrogens with zero attached hydrogens (tertiary/aromatic N) is 4. The summed E-state index contributed by atoms with van der Waals surface area (Å²) in [6, 6.07) is 6.41. The number of hydrogen-bond donors (Lipinski definition) is 1. The van der Waals surface area contributed by atoms with Gasteiger partial charge in [0.15, 0.2) is 0 Å². The Morgan fingerprint density at radius 2 is 2.07 bits per heavy atom. The predicted molar refractivity (Wildman–Crippen MR) is 116 cm³/mol. The lowest BCUT2D eigenvalue weighted by atomic mass is 9.93. The SMILES string of the molecule is Cc1nc(CN2CCC(N3CCCC(C(=O)NCc4ccccn4)C3)CC2)cs1. The monoisotopic (exact) mass is 413 g/mol. The van der Waals surface area contributed by atoms with Crippen molar-refractivity contribution in [2.45, 2.75) is 51.7 Å². The molecule has 2 aliphatic heterocycles. The quantitative estimate of drug-likeness (QED) is 0.789. The predicted octanol–water partition coefficient (Wildman–Crippen LogP) is 2.84. The summed E-state index contributed by atoms with van der Waals surface area (Å²) < 4.78 is 0. The van der Waals surface area contributed by atoms with Crippen molar-refractivity contribution in [2.24, 2.45) is 5.92 Å². The second-order valence-electron chi connectivity index (χ2n) is 8.24. The molecule has 1 N–H and O–H groups in total. The Labute approximate surface area is 177 Å². The van der Waals surface area contributed by atoms with Gasteiger partial charge in [-0.05, 0) is 51.3 Å². The molecule has 2 aliphatic rings. The molecule has 0 aliphatic carbocycles. The van der Waals surface area contributed by atoms with Gasteiger partial charge in [-0.1, -0.05) is 6.07 Å². The van der Waals surface area contributed by atoms with Gasteiger partial charge in [0.1, 0.15) is 0 Å². The zero-order valence-corrected chi connectivity index (χ0v) is 18.0. The normalized spacial score (nSPS) is 21.9. The summed E-state index contributed by atoms with van der Waals surface area (Å²) in [5, 5.41) is 6.42. The zero-order chi connectivity index (χ0) is 20.1. The maximum absolute atomic E-state index is 12.7. The van der Waals surface area contributed by atoms with Crippen molar-refractivity contribution in [3.63, 3.8) is 0 Å². The Kier molecular flexibility index (Phi) is 6.90. The van der Waals surface area contributed by atoms with E-state index in [0.717, 1.165) is 56.3 Å². The van der Waals surface area contributed by atoms with E-state index in [-0.39, 0.29) is 11.8 Å². The van der Waals surface area contributed by atoms with E-state index in [0.29, 0.717) is 12.6 Å². The van der Waals surface area contributed by atoms with E-state index in [4.69, 9.17) is 0 Å². The molecule has 0 bridgehead atoms. The van der Waals surface area contributed by atoms with Gasteiger partial charge in [0.25, 0.3) is 0 Å². The number of hydrogen-bond acceptors (Lipinski definition) is 6. The third-order valence-electron chi connectivity index (χ3n) is 6.12. The van der Waals surface area contributed by atoms with Crippen LogP contribution in [0.1, 0.15) is 42.1 Å². The molecule has 4 rings (SSSR count). The van der Waals surface area contributed by atoms with E-state index >= 15 is 0 Å². The number of likely N-dealkylation sites (tertiary alicyclic amines) is 2. The van der Waals surface area contributed by atoms with E-state index in [2.05, 4.69) is 37.4 Å². The largest absolute Gasteiger partial charge is 0.350 e. The summed E-state index contributed by atoms with van der Waals surface area (Å²) in [4.78, 5) is 26.7. The van der Waals surface area contributed by atoms with Gasteiger partial charge < -0.3 is 5.32 Å². The van der Waals surface area contributed by atoms with Gasteiger partial charge in [0, 0.05) is 43.8 Å². The summed E-state index contributed by atoms with van der Waals surface area (Å²) in [5.41, 5.74) is 2.12.